The Balaban J connectivity index is 1.31. The van der Waals surface area contributed by atoms with Crippen LogP contribution in [0.15, 0.2) is 45.9 Å². The minimum Gasteiger partial charge on any atom is -0.476 e. The second-order valence-corrected chi connectivity index (χ2v) is 11.6. The van der Waals surface area contributed by atoms with E-state index in [2.05, 4.69) is 37.3 Å². The lowest BCUT2D eigenvalue weighted by Gasteiger charge is -2.39. The highest BCUT2D eigenvalue weighted by molar-refractivity contribution is 9.10. The molecule has 1 aliphatic carbocycles. The van der Waals surface area contributed by atoms with Gasteiger partial charge < -0.3 is 25.1 Å². The zero-order valence-corrected chi connectivity index (χ0v) is 24.2. The molecule has 0 radical (unpaired) electrons. The number of methoxy groups -OCH3 is 1. The third-order valence-corrected chi connectivity index (χ3v) is 8.44. The molecular formula is C28H35BrN6O4. The molecule has 2 bridgehead atoms. The number of nitrogens with zero attached hydrogens (tertiary/aromatic N) is 4. The second kappa shape index (κ2) is 11.1. The summed E-state index contributed by atoms with van der Waals surface area (Å²) in [5, 5.41) is 8.14. The number of aryl methyl sites for hydroxylation is 2. The van der Waals surface area contributed by atoms with Crippen LogP contribution in [0, 0.1) is 5.92 Å². The van der Waals surface area contributed by atoms with Crippen LogP contribution >= 0.6 is 15.9 Å². The Kier molecular flexibility index (Phi) is 7.73. The monoisotopic (exact) mass is 598 g/mol. The number of hydrogen-bond acceptors (Lipinski definition) is 8. The third kappa shape index (κ3) is 5.69. The lowest BCUT2D eigenvalue weighted by molar-refractivity contribution is 0.0599. The predicted molar refractivity (Wildman–Crippen MR) is 154 cm³/mol. The Morgan fingerprint density at radius 2 is 2.00 bits per heavy atom. The minimum atomic E-state index is -0.513. The molecule has 2 aliphatic heterocycles. The highest BCUT2D eigenvalue weighted by Gasteiger charge is 2.41. The molecule has 11 heteroatoms. The van der Waals surface area contributed by atoms with Crippen molar-refractivity contribution >= 4 is 33.3 Å². The van der Waals surface area contributed by atoms with E-state index in [1.165, 1.54) is 36.8 Å². The Morgan fingerprint density at radius 3 is 2.74 bits per heavy atom. The lowest BCUT2D eigenvalue weighted by Crippen LogP contribution is -2.48. The summed E-state index contributed by atoms with van der Waals surface area (Å²) in [5.74, 6) is 0.640. The Bertz CT molecular complexity index is 1430. The zero-order valence-electron chi connectivity index (χ0n) is 22.6. The maximum atomic E-state index is 13.0. The van der Waals surface area contributed by atoms with Crippen LogP contribution < -0.4 is 21.3 Å². The fourth-order valence-corrected chi connectivity index (χ4v) is 6.23. The first-order valence-corrected chi connectivity index (χ1v) is 14.0. The molecule has 1 saturated carbocycles. The van der Waals surface area contributed by atoms with Gasteiger partial charge in [0.25, 0.3) is 5.56 Å². The van der Waals surface area contributed by atoms with Gasteiger partial charge in [-0.1, -0.05) is 15.9 Å². The number of anilines is 2. The molecule has 3 aromatic rings. The molecule has 1 aromatic carbocycles. The average molecular weight is 600 g/mol. The van der Waals surface area contributed by atoms with Gasteiger partial charge in [-0.2, -0.15) is 5.10 Å². The van der Waals surface area contributed by atoms with Crippen molar-refractivity contribution in [2.45, 2.75) is 31.2 Å². The van der Waals surface area contributed by atoms with Crippen LogP contribution in [0.3, 0.4) is 0 Å². The summed E-state index contributed by atoms with van der Waals surface area (Å²) in [4.78, 5) is 27.6. The van der Waals surface area contributed by atoms with Crippen LogP contribution in [0.25, 0.3) is 11.1 Å². The standard InChI is InChI=1S/C28H35BrN6O4/c1-33-16-19(27(37)38-3)12-21(25(33)36)22-14-31-34(2)26(22)39-11-10-35-15-18-6-8-28(17-35,9-7-18)32-24-13-20(29)4-5-23(24)30/h4-5,12-14,16,18,32H,6-11,15,17,30H2,1-3H3. The van der Waals surface area contributed by atoms with Crippen LogP contribution in [0.5, 0.6) is 5.88 Å². The van der Waals surface area contributed by atoms with Crippen molar-refractivity contribution in [1.29, 1.82) is 0 Å². The molecule has 39 heavy (non-hydrogen) atoms. The molecule has 3 aliphatic rings. The quantitative estimate of drug-likeness (QED) is 0.298. The maximum Gasteiger partial charge on any atom is 0.339 e. The molecule has 2 saturated heterocycles. The van der Waals surface area contributed by atoms with Gasteiger partial charge in [-0.25, -0.2) is 9.48 Å². The number of pyridine rings is 1. The molecule has 208 valence electrons. The number of carbonyl (C=O) groups is 1. The van der Waals surface area contributed by atoms with Crippen molar-refractivity contribution in [1.82, 2.24) is 19.2 Å². The van der Waals surface area contributed by atoms with Gasteiger partial charge in [0.1, 0.15) is 6.61 Å². The summed E-state index contributed by atoms with van der Waals surface area (Å²) in [6.45, 7) is 3.10. The molecule has 3 fully saturated rings. The number of nitrogens with one attached hydrogen (secondary N) is 1. The summed E-state index contributed by atoms with van der Waals surface area (Å²) in [6.07, 6.45) is 7.64. The first-order valence-electron chi connectivity index (χ1n) is 13.2. The zero-order chi connectivity index (χ0) is 27.7. The van der Waals surface area contributed by atoms with Gasteiger partial charge in [0.05, 0.1) is 46.9 Å². The van der Waals surface area contributed by atoms with Crippen molar-refractivity contribution in [3.05, 3.63) is 57.0 Å². The smallest absolute Gasteiger partial charge is 0.339 e. The van der Waals surface area contributed by atoms with E-state index < -0.39 is 5.97 Å². The molecule has 4 heterocycles. The highest BCUT2D eigenvalue weighted by atomic mass is 79.9. The number of rotatable bonds is 8. The van der Waals surface area contributed by atoms with Crippen LogP contribution in [0.2, 0.25) is 0 Å². The summed E-state index contributed by atoms with van der Waals surface area (Å²) >= 11 is 3.57. The van der Waals surface area contributed by atoms with Crippen LogP contribution in [0.4, 0.5) is 11.4 Å². The average Bonchev–Trinajstić information content (AvgIpc) is 3.08. The molecule has 3 N–H and O–H groups in total. The molecule has 6 rings (SSSR count). The number of fused-ring (bicyclic) bond motifs is 4. The molecule has 0 amide bonds. The van der Waals surface area contributed by atoms with Gasteiger partial charge in [0, 0.05) is 44.4 Å². The Hall–Kier alpha value is -3.31. The molecule has 0 spiro atoms. The molecule has 0 atom stereocenters. The molecule has 10 nitrogen and oxygen atoms in total. The summed E-state index contributed by atoms with van der Waals surface area (Å²) < 4.78 is 15.1. The topological polar surface area (TPSA) is 117 Å². The van der Waals surface area contributed by atoms with E-state index >= 15 is 0 Å². The summed E-state index contributed by atoms with van der Waals surface area (Å²) in [7, 11) is 4.70. The molecule has 2 aromatic heterocycles. The van der Waals surface area contributed by atoms with Gasteiger partial charge in [-0.05, 0) is 55.9 Å². The van der Waals surface area contributed by atoms with E-state index in [9.17, 15) is 9.59 Å². The lowest BCUT2D eigenvalue weighted by atomic mass is 9.78. The minimum absolute atomic E-state index is 0.0415. The van der Waals surface area contributed by atoms with E-state index in [-0.39, 0.29) is 16.7 Å². The van der Waals surface area contributed by atoms with Crippen LogP contribution in [-0.2, 0) is 18.8 Å². The van der Waals surface area contributed by atoms with E-state index in [1.54, 1.807) is 25.0 Å². The van der Waals surface area contributed by atoms with E-state index in [4.69, 9.17) is 15.2 Å². The van der Waals surface area contributed by atoms with Crippen molar-refractivity contribution < 1.29 is 14.3 Å². The van der Waals surface area contributed by atoms with E-state index in [0.717, 1.165) is 48.3 Å². The van der Waals surface area contributed by atoms with Crippen molar-refractivity contribution in [3.8, 4) is 17.0 Å². The van der Waals surface area contributed by atoms with Gasteiger partial charge in [0.2, 0.25) is 5.88 Å². The van der Waals surface area contributed by atoms with Crippen molar-refractivity contribution in [3.63, 3.8) is 0 Å². The number of carbonyl (C=O) groups excluding carboxylic acids is 1. The van der Waals surface area contributed by atoms with E-state index in [1.807, 2.05) is 12.1 Å². The summed E-state index contributed by atoms with van der Waals surface area (Å²) in [6, 6.07) is 7.47. The number of benzene rings is 1. The third-order valence-electron chi connectivity index (χ3n) is 7.95. The number of halogens is 1. The fourth-order valence-electron chi connectivity index (χ4n) is 5.87. The number of aromatic nitrogens is 3. The van der Waals surface area contributed by atoms with Crippen LogP contribution in [-0.4, -0.2) is 64.1 Å². The molecular weight excluding hydrogens is 564 g/mol. The number of ether oxygens (including phenoxy) is 2. The van der Waals surface area contributed by atoms with Gasteiger partial charge in [0.15, 0.2) is 0 Å². The first kappa shape index (κ1) is 27.3. The number of esters is 1. The first-order chi connectivity index (χ1) is 18.7. The van der Waals surface area contributed by atoms with Gasteiger partial charge >= 0.3 is 5.97 Å². The van der Waals surface area contributed by atoms with Crippen molar-refractivity contribution in [2.24, 2.45) is 20.0 Å². The number of nitrogen functional groups attached to an aromatic ring is 1. The largest absolute Gasteiger partial charge is 0.476 e. The fraction of sp³-hybridized carbons (Fsp3) is 0.464. The Morgan fingerprint density at radius 1 is 1.23 bits per heavy atom. The van der Waals surface area contributed by atoms with Crippen LogP contribution in [0.1, 0.15) is 36.0 Å². The predicted octanol–water partition coefficient (Wildman–Crippen LogP) is 3.65. The van der Waals surface area contributed by atoms with E-state index in [0.29, 0.717) is 29.5 Å². The Labute approximate surface area is 236 Å². The molecule has 0 unspecified atom stereocenters. The normalized spacial score (nSPS) is 21.0. The highest BCUT2D eigenvalue weighted by Crippen LogP contribution is 2.40. The van der Waals surface area contributed by atoms with Crippen molar-refractivity contribution in [2.75, 3.05) is 44.4 Å². The van der Waals surface area contributed by atoms with Gasteiger partial charge in [-0.3, -0.25) is 9.69 Å². The number of hydrogen-bond donors (Lipinski definition) is 2. The summed E-state index contributed by atoms with van der Waals surface area (Å²) in [5.41, 5.74) is 8.90. The number of nitrogens with two attached hydrogens (primary N) is 1. The second-order valence-electron chi connectivity index (χ2n) is 10.7. The maximum absolute atomic E-state index is 13.0. The SMILES string of the molecule is COC(=O)c1cc(-c2cnn(C)c2OCCN2CC3CCC(Nc4cc(Br)ccc4N)(CC3)C2)c(=O)n(C)c1. The van der Waals surface area contributed by atoms with Gasteiger partial charge in [-0.15, -0.1) is 0 Å².